The summed E-state index contributed by atoms with van der Waals surface area (Å²) in [6, 6.07) is 2.64. The molecule has 1 aromatic rings. The fourth-order valence-corrected chi connectivity index (χ4v) is 2.49. The lowest BCUT2D eigenvalue weighted by molar-refractivity contribution is 0.338. The third-order valence-electron chi connectivity index (χ3n) is 2.47. The summed E-state index contributed by atoms with van der Waals surface area (Å²) in [5.41, 5.74) is 1.09. The zero-order valence-corrected chi connectivity index (χ0v) is 9.34. The van der Waals surface area contributed by atoms with Gasteiger partial charge in [-0.25, -0.2) is 0 Å². The van der Waals surface area contributed by atoms with Crippen molar-refractivity contribution < 1.29 is 0 Å². The van der Waals surface area contributed by atoms with Gasteiger partial charge in [-0.15, -0.1) is 0 Å². The second-order valence-corrected chi connectivity index (χ2v) is 4.35. The summed E-state index contributed by atoms with van der Waals surface area (Å²) in [4.78, 5) is 0. The van der Waals surface area contributed by atoms with Gasteiger partial charge in [0.2, 0.25) is 0 Å². The lowest BCUT2D eigenvalue weighted by atomic mass is 10.1. The third kappa shape index (κ3) is 1.94. The molecule has 0 atom stereocenters. The minimum atomic E-state index is 0.573. The number of aryl methyl sites for hydroxylation is 1. The predicted molar refractivity (Wildman–Crippen MR) is 55.8 cm³/mol. The average Bonchev–Trinajstić information content (AvgIpc) is 2.47. The highest BCUT2D eigenvalue weighted by molar-refractivity contribution is 9.10. The van der Waals surface area contributed by atoms with E-state index in [0.29, 0.717) is 6.04 Å². The molecule has 2 heterocycles. The van der Waals surface area contributed by atoms with Crippen molar-refractivity contribution in [3.05, 3.63) is 16.4 Å². The van der Waals surface area contributed by atoms with Gasteiger partial charge in [0.25, 0.3) is 0 Å². The molecular weight excluding hydrogens is 230 g/mol. The molecule has 0 radical (unpaired) electrons. The molecule has 0 saturated carbocycles. The Hall–Kier alpha value is -0.350. The van der Waals surface area contributed by atoms with Crippen molar-refractivity contribution in [3.8, 4) is 0 Å². The fraction of sp³-hybridized carbons (Fsp3) is 0.667. The molecule has 1 fully saturated rings. The lowest BCUT2D eigenvalue weighted by Crippen LogP contribution is -2.30. The minimum Gasteiger partial charge on any atom is -0.317 e. The first-order valence-electron chi connectivity index (χ1n) is 4.70. The normalized spacial score (nSPS) is 19.2. The summed E-state index contributed by atoms with van der Waals surface area (Å²) in [6.45, 7) is 4.24. The Kier molecular flexibility index (Phi) is 2.69. The van der Waals surface area contributed by atoms with E-state index in [1.54, 1.807) is 0 Å². The first kappa shape index (κ1) is 9.21. The van der Waals surface area contributed by atoms with Crippen molar-refractivity contribution in [2.24, 2.45) is 0 Å². The molecule has 3 nitrogen and oxygen atoms in total. The van der Waals surface area contributed by atoms with Gasteiger partial charge in [0.15, 0.2) is 0 Å². The quantitative estimate of drug-likeness (QED) is 0.817. The summed E-state index contributed by atoms with van der Waals surface area (Å²) in [5.74, 6) is 0. The number of halogens is 1. The first-order chi connectivity index (χ1) is 6.27. The molecule has 1 aliphatic heterocycles. The van der Waals surface area contributed by atoms with Crippen LogP contribution in [0.4, 0.5) is 0 Å². The Morgan fingerprint density at radius 1 is 1.54 bits per heavy atom. The molecule has 4 heteroatoms. The summed E-state index contributed by atoms with van der Waals surface area (Å²) in [7, 11) is 0. The molecule has 1 aliphatic rings. The van der Waals surface area contributed by atoms with E-state index >= 15 is 0 Å². The number of piperidine rings is 1. The highest BCUT2D eigenvalue weighted by Gasteiger charge is 2.17. The number of rotatable bonds is 1. The number of nitrogens with one attached hydrogen (secondary N) is 1. The second kappa shape index (κ2) is 3.80. The van der Waals surface area contributed by atoms with Crippen LogP contribution in [0.25, 0.3) is 0 Å². The monoisotopic (exact) mass is 243 g/mol. The molecule has 0 bridgehead atoms. The van der Waals surface area contributed by atoms with Crippen LogP contribution in [0.3, 0.4) is 0 Å². The molecular formula is C9H14BrN3. The van der Waals surface area contributed by atoms with E-state index in [0.717, 1.165) is 23.4 Å². The number of nitrogens with zero attached hydrogens (tertiary/aromatic N) is 2. The Morgan fingerprint density at radius 2 is 2.23 bits per heavy atom. The van der Waals surface area contributed by atoms with E-state index < -0.39 is 0 Å². The van der Waals surface area contributed by atoms with E-state index in [2.05, 4.69) is 37.1 Å². The van der Waals surface area contributed by atoms with E-state index in [4.69, 9.17) is 0 Å². The average molecular weight is 244 g/mol. The minimum absolute atomic E-state index is 0.573. The number of aromatic nitrogens is 2. The van der Waals surface area contributed by atoms with E-state index in [1.165, 1.54) is 12.8 Å². The molecule has 13 heavy (non-hydrogen) atoms. The number of hydrogen-bond acceptors (Lipinski definition) is 2. The number of hydrogen-bond donors (Lipinski definition) is 1. The van der Waals surface area contributed by atoms with Gasteiger partial charge < -0.3 is 5.32 Å². The van der Waals surface area contributed by atoms with Crippen molar-refractivity contribution in [3.63, 3.8) is 0 Å². The van der Waals surface area contributed by atoms with Crippen LogP contribution in [0.1, 0.15) is 24.6 Å². The van der Waals surface area contributed by atoms with Gasteiger partial charge in [0.1, 0.15) is 4.60 Å². The first-order valence-corrected chi connectivity index (χ1v) is 5.49. The van der Waals surface area contributed by atoms with E-state index in [9.17, 15) is 0 Å². The standard InChI is InChI=1S/C9H14BrN3/c1-7-6-9(10)13(12-7)8-2-4-11-5-3-8/h6,8,11H,2-5H2,1H3. The fourth-order valence-electron chi connectivity index (χ4n) is 1.79. The zero-order chi connectivity index (χ0) is 9.26. The van der Waals surface area contributed by atoms with Crippen molar-refractivity contribution in [1.29, 1.82) is 0 Å². The Morgan fingerprint density at radius 3 is 2.77 bits per heavy atom. The van der Waals surface area contributed by atoms with Crippen molar-refractivity contribution in [2.75, 3.05) is 13.1 Å². The molecule has 0 aliphatic carbocycles. The van der Waals surface area contributed by atoms with Gasteiger partial charge in [-0.2, -0.15) is 5.10 Å². The van der Waals surface area contributed by atoms with Crippen molar-refractivity contribution >= 4 is 15.9 Å². The molecule has 0 unspecified atom stereocenters. The van der Waals surface area contributed by atoms with Gasteiger partial charge in [0, 0.05) is 0 Å². The van der Waals surface area contributed by atoms with Crippen molar-refractivity contribution in [2.45, 2.75) is 25.8 Å². The highest BCUT2D eigenvalue weighted by Crippen LogP contribution is 2.23. The highest BCUT2D eigenvalue weighted by atomic mass is 79.9. The van der Waals surface area contributed by atoms with Crippen LogP contribution in [0, 0.1) is 6.92 Å². The maximum Gasteiger partial charge on any atom is 0.104 e. The van der Waals surface area contributed by atoms with Gasteiger partial charge in [-0.05, 0) is 54.9 Å². The second-order valence-electron chi connectivity index (χ2n) is 3.53. The Bertz CT molecular complexity index is 289. The molecule has 0 aromatic carbocycles. The molecule has 2 rings (SSSR count). The molecule has 1 aromatic heterocycles. The molecule has 1 saturated heterocycles. The van der Waals surface area contributed by atoms with E-state index in [1.807, 2.05) is 6.92 Å². The summed E-state index contributed by atoms with van der Waals surface area (Å²) in [5, 5.41) is 7.83. The van der Waals surface area contributed by atoms with Crippen LogP contribution in [0.15, 0.2) is 10.7 Å². The van der Waals surface area contributed by atoms with Gasteiger partial charge >= 0.3 is 0 Å². The maximum absolute atomic E-state index is 4.48. The maximum atomic E-state index is 4.48. The van der Waals surface area contributed by atoms with Crippen molar-refractivity contribution in [1.82, 2.24) is 15.1 Å². The van der Waals surface area contributed by atoms with Gasteiger partial charge in [-0.3, -0.25) is 4.68 Å². The third-order valence-corrected chi connectivity index (χ3v) is 3.06. The Labute approximate surface area is 86.6 Å². The summed E-state index contributed by atoms with van der Waals surface area (Å²) >= 11 is 3.53. The van der Waals surface area contributed by atoms with Crippen LogP contribution < -0.4 is 5.32 Å². The largest absolute Gasteiger partial charge is 0.317 e. The van der Waals surface area contributed by atoms with Crippen LogP contribution >= 0.6 is 15.9 Å². The summed E-state index contributed by atoms with van der Waals surface area (Å²) < 4.78 is 3.22. The molecule has 1 N–H and O–H groups in total. The predicted octanol–water partition coefficient (Wildman–Crippen LogP) is 1.88. The lowest BCUT2D eigenvalue weighted by Gasteiger charge is -2.23. The molecule has 72 valence electrons. The Balaban J connectivity index is 2.18. The summed E-state index contributed by atoms with van der Waals surface area (Å²) in [6.07, 6.45) is 2.36. The van der Waals surface area contributed by atoms with E-state index in [-0.39, 0.29) is 0 Å². The van der Waals surface area contributed by atoms with Gasteiger partial charge in [-0.1, -0.05) is 0 Å². The molecule has 0 amide bonds. The SMILES string of the molecule is Cc1cc(Br)n(C2CCNCC2)n1. The topological polar surface area (TPSA) is 29.9 Å². The van der Waals surface area contributed by atoms with Gasteiger partial charge in [0.05, 0.1) is 11.7 Å². The van der Waals surface area contributed by atoms with Crippen LogP contribution in [0.5, 0.6) is 0 Å². The smallest absolute Gasteiger partial charge is 0.104 e. The van der Waals surface area contributed by atoms with Crippen LogP contribution in [-0.2, 0) is 0 Å². The van der Waals surface area contributed by atoms with Crippen LogP contribution in [0.2, 0.25) is 0 Å². The zero-order valence-electron chi connectivity index (χ0n) is 7.76. The molecule has 0 spiro atoms. The van der Waals surface area contributed by atoms with Crippen LogP contribution in [-0.4, -0.2) is 22.9 Å².